The molecular weight excluding hydrogens is 503 g/mol. The van der Waals surface area contributed by atoms with E-state index in [2.05, 4.69) is 4.98 Å². The molecule has 0 bridgehead atoms. The number of hydrogen-bond acceptors (Lipinski definition) is 4. The summed E-state index contributed by atoms with van der Waals surface area (Å²) in [6, 6.07) is 12.2. The van der Waals surface area contributed by atoms with Crippen molar-refractivity contribution in [1.29, 1.82) is 0 Å². The number of aromatic amines is 2. The van der Waals surface area contributed by atoms with Crippen LogP contribution in [0.15, 0.2) is 69.1 Å². The lowest BCUT2D eigenvalue weighted by Gasteiger charge is -2.19. The van der Waals surface area contributed by atoms with Gasteiger partial charge in [0.2, 0.25) is 0 Å². The van der Waals surface area contributed by atoms with Gasteiger partial charge < -0.3 is 9.72 Å². The number of alkyl halides is 3. The van der Waals surface area contributed by atoms with Gasteiger partial charge in [0.05, 0.1) is 23.1 Å². The summed E-state index contributed by atoms with van der Waals surface area (Å²) >= 11 is 0.915. The molecule has 0 radical (unpaired) electrons. The molecule has 1 heterocycles. The lowest BCUT2D eigenvalue weighted by molar-refractivity contribution is -0.137. The fourth-order valence-corrected chi connectivity index (χ4v) is 4.84. The molecule has 0 saturated heterocycles. The van der Waals surface area contributed by atoms with Crippen molar-refractivity contribution in [2.24, 2.45) is 0 Å². The highest BCUT2D eigenvalue weighted by atomic mass is 32.2. The number of thioether (sulfide) groups is 1. The molecule has 0 saturated carbocycles. The van der Waals surface area contributed by atoms with Crippen molar-refractivity contribution in [3.63, 3.8) is 0 Å². The summed E-state index contributed by atoms with van der Waals surface area (Å²) in [4.78, 5) is 28.4. The van der Waals surface area contributed by atoms with Crippen molar-refractivity contribution in [2.45, 2.75) is 24.1 Å². The third-order valence-electron chi connectivity index (χ3n) is 5.29. The number of fused-ring (bicyclic) bond motifs is 1. The van der Waals surface area contributed by atoms with Crippen LogP contribution in [0.5, 0.6) is 0 Å². The Bertz CT molecular complexity index is 1500. The normalized spacial score (nSPS) is 11.8. The number of H-pyrrole nitrogens is 2. The third-order valence-corrected chi connectivity index (χ3v) is 6.48. The van der Waals surface area contributed by atoms with Gasteiger partial charge in [-0.3, -0.25) is 9.78 Å². The number of hydrogen-bond donors (Lipinski definition) is 2. The van der Waals surface area contributed by atoms with E-state index in [0.29, 0.717) is 25.2 Å². The summed E-state index contributed by atoms with van der Waals surface area (Å²) in [6.07, 6.45) is -4.56. The van der Waals surface area contributed by atoms with Crippen molar-refractivity contribution in [1.82, 2.24) is 9.97 Å². The van der Waals surface area contributed by atoms with Gasteiger partial charge in [-0.05, 0) is 30.2 Å². The zero-order valence-corrected chi connectivity index (χ0v) is 19.4. The lowest BCUT2D eigenvalue weighted by atomic mass is 9.96. The molecule has 0 atom stereocenters. The van der Waals surface area contributed by atoms with Gasteiger partial charge in [-0.1, -0.05) is 30.3 Å². The first-order chi connectivity index (χ1) is 17.1. The smallest absolute Gasteiger partial charge is 0.377 e. The Kier molecular flexibility index (Phi) is 7.60. The molecule has 0 amide bonds. The van der Waals surface area contributed by atoms with Crippen LogP contribution in [-0.2, 0) is 17.5 Å². The first-order valence-corrected chi connectivity index (χ1v) is 11.7. The molecule has 0 fully saturated rings. The van der Waals surface area contributed by atoms with Gasteiger partial charge in [0.25, 0.3) is 5.56 Å². The minimum absolute atomic E-state index is 0.142. The summed E-state index contributed by atoms with van der Waals surface area (Å²) in [5.74, 6) is -1.93. The van der Waals surface area contributed by atoms with Gasteiger partial charge in [0.1, 0.15) is 11.6 Å². The van der Waals surface area contributed by atoms with Crippen LogP contribution in [0.3, 0.4) is 0 Å². The predicted molar refractivity (Wildman–Crippen MR) is 127 cm³/mol. The fraction of sp³-hybridized carbons (Fsp3) is 0.200. The van der Waals surface area contributed by atoms with Crippen LogP contribution >= 0.6 is 11.8 Å². The molecule has 0 spiro atoms. The van der Waals surface area contributed by atoms with Gasteiger partial charge in [-0.25, -0.2) is 13.6 Å². The maximum absolute atomic E-state index is 14.7. The maximum atomic E-state index is 14.7. The van der Waals surface area contributed by atoms with Crippen LogP contribution < -0.4 is 11.2 Å². The standard InChI is InChI=1S/C25H19F5N2O3S/c26-15-7-8-16(19(27)11-15)20-18(25(28,29)30)12-17-21(31-24(34)32-23(17)33)22(20)36-10-4-9-35-13-14-5-2-1-3-6-14/h1-3,5-8,11-12H,4,9-10,13H2,(H2,31,32,33,34). The van der Waals surface area contributed by atoms with Crippen LogP contribution in [0.4, 0.5) is 22.0 Å². The Labute approximate surface area is 205 Å². The quantitative estimate of drug-likeness (QED) is 0.172. The zero-order valence-electron chi connectivity index (χ0n) is 18.5. The average molecular weight is 522 g/mol. The fourth-order valence-electron chi connectivity index (χ4n) is 3.70. The first kappa shape index (κ1) is 25.6. The number of rotatable bonds is 8. The molecule has 4 rings (SSSR count). The lowest BCUT2D eigenvalue weighted by Crippen LogP contribution is -2.23. The van der Waals surface area contributed by atoms with Crippen molar-refractivity contribution >= 4 is 22.7 Å². The van der Waals surface area contributed by atoms with E-state index in [9.17, 15) is 31.5 Å². The van der Waals surface area contributed by atoms with E-state index >= 15 is 0 Å². The highest BCUT2D eigenvalue weighted by molar-refractivity contribution is 7.99. The highest BCUT2D eigenvalue weighted by Gasteiger charge is 2.37. The van der Waals surface area contributed by atoms with Crippen LogP contribution in [0.1, 0.15) is 17.5 Å². The molecule has 1 aromatic heterocycles. The molecule has 0 aliphatic heterocycles. The molecule has 4 aromatic rings. The third kappa shape index (κ3) is 5.68. The summed E-state index contributed by atoms with van der Waals surface area (Å²) < 4.78 is 76.2. The topological polar surface area (TPSA) is 74.9 Å². The summed E-state index contributed by atoms with van der Waals surface area (Å²) in [5.41, 5.74) is -3.51. The van der Waals surface area contributed by atoms with Gasteiger partial charge in [0.15, 0.2) is 0 Å². The second kappa shape index (κ2) is 10.7. The van der Waals surface area contributed by atoms with E-state index in [-0.39, 0.29) is 22.8 Å². The van der Waals surface area contributed by atoms with Crippen LogP contribution in [0, 0.1) is 11.6 Å². The van der Waals surface area contributed by atoms with Crippen molar-refractivity contribution in [3.8, 4) is 11.1 Å². The number of benzene rings is 3. The molecule has 5 nitrogen and oxygen atoms in total. The van der Waals surface area contributed by atoms with E-state index in [1.807, 2.05) is 35.3 Å². The van der Waals surface area contributed by atoms with Crippen molar-refractivity contribution in [3.05, 3.63) is 98.2 Å². The van der Waals surface area contributed by atoms with Crippen molar-refractivity contribution in [2.75, 3.05) is 12.4 Å². The summed E-state index contributed by atoms with van der Waals surface area (Å²) in [5, 5.41) is -0.406. The van der Waals surface area contributed by atoms with Crippen molar-refractivity contribution < 1.29 is 26.7 Å². The molecule has 36 heavy (non-hydrogen) atoms. The monoisotopic (exact) mass is 522 g/mol. The van der Waals surface area contributed by atoms with Crippen LogP contribution in [-0.4, -0.2) is 22.3 Å². The minimum atomic E-state index is -4.97. The van der Waals surface area contributed by atoms with Gasteiger partial charge in [-0.15, -0.1) is 11.8 Å². The Balaban J connectivity index is 1.74. The Hall–Kier alpha value is -3.44. The zero-order chi connectivity index (χ0) is 25.9. The number of nitrogens with one attached hydrogen (secondary N) is 2. The number of halogens is 5. The minimum Gasteiger partial charge on any atom is -0.377 e. The second-order valence-electron chi connectivity index (χ2n) is 7.82. The molecule has 188 valence electrons. The first-order valence-electron chi connectivity index (χ1n) is 10.8. The molecule has 0 aliphatic rings. The Morgan fingerprint density at radius 1 is 0.944 bits per heavy atom. The van der Waals surface area contributed by atoms with E-state index in [1.54, 1.807) is 0 Å². The van der Waals surface area contributed by atoms with E-state index < -0.39 is 51.1 Å². The highest BCUT2D eigenvalue weighted by Crippen LogP contribution is 2.45. The van der Waals surface area contributed by atoms with Crippen LogP contribution in [0.2, 0.25) is 0 Å². The molecule has 0 unspecified atom stereocenters. The molecule has 2 N–H and O–H groups in total. The average Bonchev–Trinajstić information content (AvgIpc) is 2.81. The largest absolute Gasteiger partial charge is 0.417 e. The molecule has 3 aromatic carbocycles. The summed E-state index contributed by atoms with van der Waals surface area (Å²) in [6.45, 7) is 0.642. The van der Waals surface area contributed by atoms with Gasteiger partial charge in [0, 0.05) is 34.4 Å². The molecule has 0 aliphatic carbocycles. The predicted octanol–water partition coefficient (Wildman–Crippen LogP) is 5.88. The van der Waals surface area contributed by atoms with Gasteiger partial charge >= 0.3 is 11.9 Å². The van der Waals surface area contributed by atoms with Gasteiger partial charge in [-0.2, -0.15) is 13.2 Å². The SMILES string of the molecule is O=c1[nH]c(=O)c2cc(C(F)(F)F)c(-c3ccc(F)cc3F)c(SCCCOCc3ccccc3)c2[nH]1. The Morgan fingerprint density at radius 3 is 2.39 bits per heavy atom. The van der Waals surface area contributed by atoms with E-state index in [1.165, 1.54) is 0 Å². The second-order valence-corrected chi connectivity index (χ2v) is 8.93. The molecular formula is C25H19F5N2O3S. The van der Waals surface area contributed by atoms with Crippen LogP contribution in [0.25, 0.3) is 22.0 Å². The molecule has 11 heteroatoms. The Morgan fingerprint density at radius 2 is 1.69 bits per heavy atom. The van der Waals surface area contributed by atoms with E-state index in [4.69, 9.17) is 4.74 Å². The summed E-state index contributed by atoms with van der Waals surface area (Å²) in [7, 11) is 0. The number of ether oxygens (including phenoxy) is 1. The van der Waals surface area contributed by atoms with E-state index in [0.717, 1.165) is 29.5 Å². The number of aromatic nitrogens is 2. The maximum Gasteiger partial charge on any atom is 0.417 e.